The molecule has 0 fully saturated rings. The average molecular weight is 506 g/mol. The highest BCUT2D eigenvalue weighted by atomic mass is 35.5. The van der Waals surface area contributed by atoms with Gasteiger partial charge in [-0.2, -0.15) is 0 Å². The summed E-state index contributed by atoms with van der Waals surface area (Å²) in [6.45, 7) is 17.0. The molecular formula is C26H40ClN3O3Si. The number of ether oxygens (including phenoxy) is 1. The van der Waals surface area contributed by atoms with Crippen LogP contribution in [0.15, 0.2) is 42.6 Å². The number of hydrogen-bond donors (Lipinski definition) is 2. The van der Waals surface area contributed by atoms with Gasteiger partial charge < -0.3 is 19.8 Å². The molecule has 1 heterocycles. The summed E-state index contributed by atoms with van der Waals surface area (Å²) in [4.78, 5) is 16.0. The quantitative estimate of drug-likeness (QED) is 0.272. The third kappa shape index (κ3) is 9.02. The fourth-order valence-corrected chi connectivity index (χ4v) is 4.59. The predicted molar refractivity (Wildman–Crippen MR) is 143 cm³/mol. The summed E-state index contributed by atoms with van der Waals surface area (Å²) in [6, 6.07) is 11.9. The van der Waals surface area contributed by atoms with E-state index in [1.54, 1.807) is 13.1 Å². The zero-order valence-corrected chi connectivity index (χ0v) is 23.3. The second-order valence-electron chi connectivity index (χ2n) is 10.1. The van der Waals surface area contributed by atoms with Crippen molar-refractivity contribution in [3.8, 4) is 0 Å². The number of carbonyl (C=O) groups excluding carboxylic acids is 1. The van der Waals surface area contributed by atoms with Gasteiger partial charge in [-0.1, -0.05) is 44.5 Å². The number of benzene rings is 1. The standard InChI is InChI=1S/C26H40ClN3O3Si/c1-8-32-25(31)15-22-12-13-23(17-30-22)29-16-19(2)28-18-24(20-10-9-11-21(27)14-20)33-34(6,7)26(3,4)5/h9-14,17,19,24,28-29H,8,15-16,18H2,1-7H3/t19-,24+/m1/s1. The first-order valence-electron chi connectivity index (χ1n) is 11.9. The van der Waals surface area contributed by atoms with Gasteiger partial charge in [0.1, 0.15) is 0 Å². The molecule has 6 nitrogen and oxygen atoms in total. The Morgan fingerprint density at radius 1 is 1.18 bits per heavy atom. The van der Waals surface area contributed by atoms with Gasteiger partial charge in [0, 0.05) is 24.2 Å². The molecule has 0 spiro atoms. The molecule has 0 bridgehead atoms. The first-order valence-corrected chi connectivity index (χ1v) is 15.2. The molecule has 0 saturated heterocycles. The summed E-state index contributed by atoms with van der Waals surface area (Å²) in [5, 5.41) is 7.84. The molecule has 1 aromatic carbocycles. The summed E-state index contributed by atoms with van der Waals surface area (Å²) in [5.41, 5.74) is 2.69. The number of aromatic nitrogens is 1. The predicted octanol–water partition coefficient (Wildman–Crippen LogP) is 5.99. The molecule has 34 heavy (non-hydrogen) atoms. The Hall–Kier alpha value is -1.93. The maximum Gasteiger partial charge on any atom is 0.311 e. The van der Waals surface area contributed by atoms with E-state index >= 15 is 0 Å². The van der Waals surface area contributed by atoms with Gasteiger partial charge in [0.2, 0.25) is 0 Å². The molecule has 2 atom stereocenters. The number of carbonyl (C=O) groups is 1. The molecule has 0 radical (unpaired) electrons. The molecular weight excluding hydrogens is 466 g/mol. The van der Waals surface area contributed by atoms with E-state index in [2.05, 4.69) is 62.5 Å². The normalized spacial score (nSPS) is 13.9. The molecule has 0 aliphatic heterocycles. The molecule has 0 unspecified atom stereocenters. The monoisotopic (exact) mass is 505 g/mol. The van der Waals surface area contributed by atoms with E-state index in [1.165, 1.54) is 0 Å². The highest BCUT2D eigenvalue weighted by molar-refractivity contribution is 6.74. The lowest BCUT2D eigenvalue weighted by molar-refractivity contribution is -0.142. The van der Waals surface area contributed by atoms with E-state index in [0.717, 1.165) is 22.8 Å². The maximum atomic E-state index is 11.6. The van der Waals surface area contributed by atoms with Gasteiger partial charge in [-0.25, -0.2) is 0 Å². The topological polar surface area (TPSA) is 72.5 Å². The van der Waals surface area contributed by atoms with Crippen LogP contribution in [-0.2, 0) is 20.4 Å². The zero-order valence-electron chi connectivity index (χ0n) is 21.6. The first kappa shape index (κ1) is 28.3. The fraction of sp³-hybridized carbons (Fsp3) is 0.538. The lowest BCUT2D eigenvalue weighted by Gasteiger charge is -2.39. The Kier molecular flexibility index (Phi) is 10.6. The van der Waals surface area contributed by atoms with Crippen LogP contribution in [0.5, 0.6) is 0 Å². The maximum absolute atomic E-state index is 11.6. The van der Waals surface area contributed by atoms with E-state index in [1.807, 2.05) is 30.3 Å². The third-order valence-electron chi connectivity index (χ3n) is 6.18. The van der Waals surface area contributed by atoms with E-state index < -0.39 is 8.32 Å². The van der Waals surface area contributed by atoms with Gasteiger partial charge in [0.15, 0.2) is 8.32 Å². The van der Waals surface area contributed by atoms with Crippen LogP contribution in [-0.4, -0.2) is 45.0 Å². The number of nitrogens with zero attached hydrogens (tertiary/aromatic N) is 1. The summed E-state index contributed by atoms with van der Waals surface area (Å²) in [6.07, 6.45) is 1.85. The summed E-state index contributed by atoms with van der Waals surface area (Å²) in [5.74, 6) is -0.261. The molecule has 2 aromatic rings. The number of hydrogen-bond acceptors (Lipinski definition) is 6. The van der Waals surface area contributed by atoms with Crippen LogP contribution in [0.3, 0.4) is 0 Å². The SMILES string of the molecule is CCOC(=O)Cc1ccc(NC[C@@H](C)NC[C@H](O[Si](C)(C)C(C)(C)C)c2cccc(Cl)c2)cn1. The van der Waals surface area contributed by atoms with Crippen molar-refractivity contribution in [1.82, 2.24) is 10.3 Å². The second-order valence-corrected chi connectivity index (χ2v) is 15.3. The molecule has 2 N–H and O–H groups in total. The summed E-state index contributed by atoms with van der Waals surface area (Å²) >= 11 is 6.28. The Balaban J connectivity index is 1.95. The van der Waals surface area contributed by atoms with Crippen LogP contribution in [0.25, 0.3) is 0 Å². The van der Waals surface area contributed by atoms with Gasteiger partial charge in [-0.15, -0.1) is 0 Å². The van der Waals surface area contributed by atoms with Crippen LogP contribution >= 0.6 is 11.6 Å². The molecule has 8 heteroatoms. The Morgan fingerprint density at radius 2 is 1.91 bits per heavy atom. The average Bonchev–Trinajstić information content (AvgIpc) is 2.75. The molecule has 0 amide bonds. The Bertz CT molecular complexity index is 916. The van der Waals surface area contributed by atoms with Gasteiger partial charge in [0.05, 0.1) is 36.7 Å². The lowest BCUT2D eigenvalue weighted by atomic mass is 10.1. The van der Waals surface area contributed by atoms with Crippen LogP contribution in [0.4, 0.5) is 5.69 Å². The van der Waals surface area contributed by atoms with E-state index in [4.69, 9.17) is 20.8 Å². The lowest BCUT2D eigenvalue weighted by Crippen LogP contribution is -2.44. The minimum atomic E-state index is -1.97. The third-order valence-corrected chi connectivity index (χ3v) is 10.9. The number of nitrogens with one attached hydrogen (secondary N) is 2. The highest BCUT2D eigenvalue weighted by Crippen LogP contribution is 2.39. The summed E-state index contributed by atoms with van der Waals surface area (Å²) in [7, 11) is -1.97. The van der Waals surface area contributed by atoms with Crippen molar-refractivity contribution in [2.24, 2.45) is 0 Å². The molecule has 1 aromatic heterocycles. The van der Waals surface area contributed by atoms with Crippen molar-refractivity contribution < 1.29 is 14.0 Å². The van der Waals surface area contributed by atoms with Crippen LogP contribution in [0.1, 0.15) is 52.0 Å². The van der Waals surface area contributed by atoms with Crippen molar-refractivity contribution in [3.05, 3.63) is 58.9 Å². The summed E-state index contributed by atoms with van der Waals surface area (Å²) < 4.78 is 11.7. The van der Waals surface area contributed by atoms with Gasteiger partial charge in [-0.05, 0) is 61.8 Å². The van der Waals surface area contributed by atoms with E-state index in [0.29, 0.717) is 18.8 Å². The van der Waals surface area contributed by atoms with Crippen LogP contribution < -0.4 is 10.6 Å². The molecule has 0 saturated carbocycles. The minimum absolute atomic E-state index is 0.0779. The number of esters is 1. The number of halogens is 1. The molecule has 0 aliphatic carbocycles. The second kappa shape index (κ2) is 12.7. The smallest absolute Gasteiger partial charge is 0.311 e. The van der Waals surface area contributed by atoms with Crippen molar-refractivity contribution in [2.45, 2.75) is 71.3 Å². The largest absolute Gasteiger partial charge is 0.466 e. The Morgan fingerprint density at radius 3 is 2.50 bits per heavy atom. The Labute approximate surface area is 210 Å². The van der Waals surface area contributed by atoms with Crippen LogP contribution in [0.2, 0.25) is 23.2 Å². The number of pyridine rings is 1. The number of anilines is 1. The van der Waals surface area contributed by atoms with Gasteiger partial charge in [-0.3, -0.25) is 9.78 Å². The minimum Gasteiger partial charge on any atom is -0.466 e. The molecule has 0 aliphatic rings. The van der Waals surface area contributed by atoms with Crippen molar-refractivity contribution >= 4 is 31.6 Å². The van der Waals surface area contributed by atoms with E-state index in [9.17, 15) is 4.79 Å². The van der Waals surface area contributed by atoms with Crippen molar-refractivity contribution in [3.63, 3.8) is 0 Å². The number of rotatable bonds is 12. The molecule has 188 valence electrons. The van der Waals surface area contributed by atoms with Crippen molar-refractivity contribution in [2.75, 3.05) is 25.0 Å². The fourth-order valence-electron chi connectivity index (χ4n) is 3.11. The van der Waals surface area contributed by atoms with Gasteiger partial charge in [0.25, 0.3) is 0 Å². The zero-order chi connectivity index (χ0) is 25.4. The molecule has 2 rings (SSSR count). The van der Waals surface area contributed by atoms with E-state index in [-0.39, 0.29) is 29.6 Å². The van der Waals surface area contributed by atoms with Gasteiger partial charge >= 0.3 is 5.97 Å². The first-order chi connectivity index (χ1) is 15.9. The van der Waals surface area contributed by atoms with Crippen molar-refractivity contribution in [1.29, 1.82) is 0 Å². The van der Waals surface area contributed by atoms with Crippen LogP contribution in [0, 0.1) is 0 Å². The highest BCUT2D eigenvalue weighted by Gasteiger charge is 2.39.